The van der Waals surface area contributed by atoms with Crippen molar-refractivity contribution < 1.29 is 13.6 Å². The molecule has 100 valence electrons. The van der Waals surface area contributed by atoms with Crippen molar-refractivity contribution in [3.63, 3.8) is 0 Å². The number of fused-ring (bicyclic) bond motifs is 1. The van der Waals surface area contributed by atoms with E-state index in [2.05, 4.69) is 4.98 Å². The van der Waals surface area contributed by atoms with Gasteiger partial charge in [0.15, 0.2) is 6.29 Å². The second-order valence-electron chi connectivity index (χ2n) is 4.29. The molecule has 3 aromatic rings. The standard InChI is InChI=1S/C15H8ClF2NO/c16-10-4-1-3-8-9(7-20)15(19-14(8)10)13-11(17)5-2-6-12(13)18/h1-7,19H. The SMILES string of the molecule is O=Cc1c(-c2c(F)cccc2F)[nH]c2c(Cl)cccc12. The highest BCUT2D eigenvalue weighted by molar-refractivity contribution is 6.35. The van der Waals surface area contributed by atoms with Gasteiger partial charge in [-0.1, -0.05) is 29.8 Å². The number of rotatable bonds is 2. The summed E-state index contributed by atoms with van der Waals surface area (Å²) in [4.78, 5) is 14.1. The summed E-state index contributed by atoms with van der Waals surface area (Å²) in [5, 5.41) is 0.916. The average Bonchev–Trinajstić information content (AvgIpc) is 2.78. The second kappa shape index (κ2) is 4.72. The molecule has 0 unspecified atom stereocenters. The molecule has 0 spiro atoms. The summed E-state index contributed by atoms with van der Waals surface area (Å²) < 4.78 is 27.7. The van der Waals surface area contributed by atoms with Crippen molar-refractivity contribution in [2.45, 2.75) is 0 Å². The summed E-state index contributed by atoms with van der Waals surface area (Å²) in [5.74, 6) is -1.48. The first-order chi connectivity index (χ1) is 9.63. The van der Waals surface area contributed by atoms with Gasteiger partial charge in [0.25, 0.3) is 0 Å². The normalized spacial score (nSPS) is 10.9. The summed E-state index contributed by atoms with van der Waals surface area (Å²) in [6.07, 6.45) is 0.566. The van der Waals surface area contributed by atoms with Crippen molar-refractivity contribution in [1.82, 2.24) is 4.98 Å². The number of nitrogens with one attached hydrogen (secondary N) is 1. The Morgan fingerprint density at radius 3 is 2.35 bits per heavy atom. The van der Waals surface area contributed by atoms with E-state index in [1.165, 1.54) is 6.07 Å². The second-order valence-corrected chi connectivity index (χ2v) is 4.70. The van der Waals surface area contributed by atoms with E-state index < -0.39 is 11.6 Å². The molecule has 5 heteroatoms. The van der Waals surface area contributed by atoms with Gasteiger partial charge in [0.1, 0.15) is 11.6 Å². The predicted octanol–water partition coefficient (Wildman–Crippen LogP) is 4.58. The molecule has 2 aromatic carbocycles. The van der Waals surface area contributed by atoms with E-state index in [9.17, 15) is 13.6 Å². The van der Waals surface area contributed by atoms with Crippen LogP contribution in [0, 0.1) is 11.6 Å². The minimum atomic E-state index is -0.740. The van der Waals surface area contributed by atoms with Crippen LogP contribution in [0.1, 0.15) is 10.4 Å². The number of aromatic amines is 1. The van der Waals surface area contributed by atoms with Crippen LogP contribution in [0.15, 0.2) is 36.4 Å². The van der Waals surface area contributed by atoms with Crippen molar-refractivity contribution in [2.75, 3.05) is 0 Å². The molecule has 0 saturated carbocycles. The fourth-order valence-electron chi connectivity index (χ4n) is 2.26. The summed E-state index contributed by atoms with van der Waals surface area (Å²) >= 11 is 6.03. The molecule has 0 aliphatic heterocycles. The van der Waals surface area contributed by atoms with Gasteiger partial charge in [-0.25, -0.2) is 8.78 Å². The average molecular weight is 292 g/mol. The minimum absolute atomic E-state index is 0.0960. The van der Waals surface area contributed by atoms with E-state index in [1.54, 1.807) is 18.2 Å². The molecule has 3 rings (SSSR count). The van der Waals surface area contributed by atoms with E-state index in [1.807, 2.05) is 0 Å². The van der Waals surface area contributed by atoms with Crippen LogP contribution in [0.25, 0.3) is 22.2 Å². The van der Waals surface area contributed by atoms with Crippen molar-refractivity contribution in [1.29, 1.82) is 0 Å². The highest BCUT2D eigenvalue weighted by Crippen LogP contribution is 2.34. The third-order valence-electron chi connectivity index (χ3n) is 3.15. The molecule has 2 nitrogen and oxygen atoms in total. The highest BCUT2D eigenvalue weighted by atomic mass is 35.5. The lowest BCUT2D eigenvalue weighted by atomic mass is 10.1. The zero-order chi connectivity index (χ0) is 14.3. The largest absolute Gasteiger partial charge is 0.353 e. The molecule has 0 radical (unpaired) electrons. The minimum Gasteiger partial charge on any atom is -0.353 e. The van der Waals surface area contributed by atoms with E-state index in [0.29, 0.717) is 22.2 Å². The lowest BCUT2D eigenvalue weighted by Crippen LogP contribution is -1.93. The number of carbonyl (C=O) groups excluding carboxylic acids is 1. The Bertz CT molecular complexity index is 806. The van der Waals surface area contributed by atoms with Crippen LogP contribution in [0.2, 0.25) is 5.02 Å². The number of benzene rings is 2. The molecule has 0 aliphatic carbocycles. The Kier molecular flexibility index (Phi) is 3.03. The molecule has 0 amide bonds. The maximum atomic E-state index is 13.9. The molecular weight excluding hydrogens is 284 g/mol. The quantitative estimate of drug-likeness (QED) is 0.689. The van der Waals surface area contributed by atoms with Gasteiger partial charge in [-0.2, -0.15) is 0 Å². The molecule has 1 N–H and O–H groups in total. The van der Waals surface area contributed by atoms with Crippen LogP contribution in [-0.2, 0) is 0 Å². The Morgan fingerprint density at radius 2 is 1.70 bits per heavy atom. The van der Waals surface area contributed by atoms with Gasteiger partial charge in [-0.15, -0.1) is 0 Å². The Hall–Kier alpha value is -2.20. The van der Waals surface area contributed by atoms with Gasteiger partial charge in [-0.05, 0) is 18.2 Å². The van der Waals surface area contributed by atoms with Crippen LogP contribution in [0.5, 0.6) is 0 Å². The number of carbonyl (C=O) groups is 1. The number of aromatic nitrogens is 1. The number of H-pyrrole nitrogens is 1. The van der Waals surface area contributed by atoms with Crippen LogP contribution in [-0.4, -0.2) is 11.3 Å². The molecule has 0 bridgehead atoms. The number of para-hydroxylation sites is 1. The maximum absolute atomic E-state index is 13.9. The summed E-state index contributed by atoms with van der Waals surface area (Å²) in [5.41, 5.74) is 0.501. The lowest BCUT2D eigenvalue weighted by molar-refractivity contribution is 0.112. The summed E-state index contributed by atoms with van der Waals surface area (Å²) in [7, 11) is 0. The molecule has 0 fully saturated rings. The Balaban J connectivity index is 2.43. The van der Waals surface area contributed by atoms with E-state index in [0.717, 1.165) is 12.1 Å². The number of halogens is 3. The van der Waals surface area contributed by atoms with E-state index in [4.69, 9.17) is 11.6 Å². The van der Waals surface area contributed by atoms with E-state index >= 15 is 0 Å². The van der Waals surface area contributed by atoms with Gasteiger partial charge in [0.2, 0.25) is 0 Å². The fraction of sp³-hybridized carbons (Fsp3) is 0. The van der Waals surface area contributed by atoms with E-state index in [-0.39, 0.29) is 16.8 Å². The van der Waals surface area contributed by atoms with Gasteiger partial charge in [0.05, 0.1) is 21.8 Å². The van der Waals surface area contributed by atoms with Crippen molar-refractivity contribution >= 4 is 28.8 Å². The maximum Gasteiger partial charge on any atom is 0.152 e. The van der Waals surface area contributed by atoms with Crippen LogP contribution in [0.3, 0.4) is 0 Å². The smallest absolute Gasteiger partial charge is 0.152 e. The van der Waals surface area contributed by atoms with Crippen LogP contribution >= 0.6 is 11.6 Å². The number of aldehydes is 1. The van der Waals surface area contributed by atoms with Crippen molar-refractivity contribution in [3.8, 4) is 11.3 Å². The zero-order valence-corrected chi connectivity index (χ0v) is 10.8. The lowest BCUT2D eigenvalue weighted by Gasteiger charge is -2.03. The molecule has 0 atom stereocenters. The summed E-state index contributed by atoms with van der Waals surface area (Å²) in [6.45, 7) is 0. The first-order valence-corrected chi connectivity index (χ1v) is 6.21. The Labute approximate surface area is 118 Å². The van der Waals surface area contributed by atoms with Crippen LogP contribution < -0.4 is 0 Å². The Morgan fingerprint density at radius 1 is 1.05 bits per heavy atom. The van der Waals surface area contributed by atoms with Gasteiger partial charge < -0.3 is 4.98 Å². The third-order valence-corrected chi connectivity index (χ3v) is 3.47. The first-order valence-electron chi connectivity index (χ1n) is 5.83. The fourth-order valence-corrected chi connectivity index (χ4v) is 2.48. The topological polar surface area (TPSA) is 32.9 Å². The first kappa shape index (κ1) is 12.8. The summed E-state index contributed by atoms with van der Waals surface area (Å²) in [6, 6.07) is 8.53. The molecular formula is C15H8ClF2NO. The van der Waals surface area contributed by atoms with Gasteiger partial charge in [-0.3, -0.25) is 4.79 Å². The predicted molar refractivity (Wildman–Crippen MR) is 74.0 cm³/mol. The number of hydrogen-bond acceptors (Lipinski definition) is 1. The molecule has 0 aliphatic rings. The van der Waals surface area contributed by atoms with Crippen molar-refractivity contribution in [3.05, 3.63) is 58.6 Å². The molecule has 0 saturated heterocycles. The van der Waals surface area contributed by atoms with Gasteiger partial charge in [0, 0.05) is 10.9 Å². The molecule has 20 heavy (non-hydrogen) atoms. The monoisotopic (exact) mass is 291 g/mol. The zero-order valence-electron chi connectivity index (χ0n) is 10.1. The number of hydrogen-bond donors (Lipinski definition) is 1. The van der Waals surface area contributed by atoms with Crippen LogP contribution in [0.4, 0.5) is 8.78 Å². The third kappa shape index (κ3) is 1.80. The molecule has 1 heterocycles. The highest BCUT2D eigenvalue weighted by Gasteiger charge is 2.19. The molecule has 1 aromatic heterocycles. The van der Waals surface area contributed by atoms with Crippen molar-refractivity contribution in [2.24, 2.45) is 0 Å². The van der Waals surface area contributed by atoms with Gasteiger partial charge >= 0.3 is 0 Å².